The summed E-state index contributed by atoms with van der Waals surface area (Å²) in [5, 5.41) is 0.424. The van der Waals surface area contributed by atoms with E-state index in [0.29, 0.717) is 23.8 Å². The van der Waals surface area contributed by atoms with E-state index >= 15 is 0 Å². The van der Waals surface area contributed by atoms with Crippen molar-refractivity contribution in [3.8, 4) is 11.5 Å². The van der Waals surface area contributed by atoms with E-state index in [0.717, 1.165) is 28.2 Å². The first-order valence-electron chi connectivity index (χ1n) is 11.3. The number of ether oxygens (including phenoxy) is 2. The highest BCUT2D eigenvalue weighted by molar-refractivity contribution is 8.00. The first-order valence-corrected chi connectivity index (χ1v) is 13.8. The maximum Gasteiger partial charge on any atom is 0.369 e. The van der Waals surface area contributed by atoms with Gasteiger partial charge >= 0.3 is 7.60 Å². The van der Waals surface area contributed by atoms with Crippen LogP contribution in [0.3, 0.4) is 0 Å². The normalized spacial score (nSPS) is 13.4. The van der Waals surface area contributed by atoms with Gasteiger partial charge in [-0.3, -0.25) is 4.57 Å². The zero-order valence-electron chi connectivity index (χ0n) is 20.7. The number of hydrogen-bond acceptors (Lipinski definition) is 6. The molecule has 0 heterocycles. The third-order valence-corrected chi connectivity index (χ3v) is 8.38. The monoisotopic (exact) mass is 496 g/mol. The Kier molecular flexibility index (Phi) is 10.8. The van der Waals surface area contributed by atoms with Crippen molar-refractivity contribution in [1.82, 2.24) is 0 Å². The second-order valence-corrected chi connectivity index (χ2v) is 12.0. The molecule has 184 valence electrons. The van der Waals surface area contributed by atoms with Crippen LogP contribution in [0.4, 0.5) is 0 Å². The average Bonchev–Trinajstić information content (AvgIpc) is 2.74. The second kappa shape index (κ2) is 12.8. The van der Waals surface area contributed by atoms with Crippen molar-refractivity contribution >= 4 is 19.4 Å². The molecule has 0 radical (unpaired) electrons. The standard InChI is InChI=1S/C25H37O6PS/c1-8-22(9-2)32(26,27)31-30-21-12-18(5)23(19(6)13-21)14-20-10-11-24(29-16-28-7)25(15-20)33-17(3)4/h10-13,15,17,22H,8-9,14,16H2,1-7H3,(H,26,27). The highest BCUT2D eigenvalue weighted by atomic mass is 32.2. The molecule has 0 aromatic heterocycles. The molecule has 0 aliphatic carbocycles. The van der Waals surface area contributed by atoms with Gasteiger partial charge in [0.1, 0.15) is 5.75 Å². The summed E-state index contributed by atoms with van der Waals surface area (Å²) in [5.41, 5.74) is 3.98. The average molecular weight is 497 g/mol. The van der Waals surface area contributed by atoms with Gasteiger partial charge < -0.3 is 19.3 Å². The molecule has 0 spiro atoms. The van der Waals surface area contributed by atoms with Gasteiger partial charge in [-0.1, -0.05) is 38.4 Å². The summed E-state index contributed by atoms with van der Waals surface area (Å²) in [5.74, 6) is 1.24. The Labute approximate surface area is 202 Å². The Morgan fingerprint density at radius 1 is 1.06 bits per heavy atom. The molecule has 0 fully saturated rings. The predicted octanol–water partition coefficient (Wildman–Crippen LogP) is 7.06. The van der Waals surface area contributed by atoms with Crippen LogP contribution >= 0.6 is 19.4 Å². The molecule has 0 saturated heterocycles. The molecule has 6 nitrogen and oxygen atoms in total. The Hall–Kier alpha value is -1.50. The van der Waals surface area contributed by atoms with E-state index in [4.69, 9.17) is 19.0 Å². The van der Waals surface area contributed by atoms with E-state index in [1.165, 1.54) is 11.1 Å². The van der Waals surface area contributed by atoms with Gasteiger partial charge in [0.25, 0.3) is 0 Å². The van der Waals surface area contributed by atoms with Crippen molar-refractivity contribution < 1.29 is 28.5 Å². The van der Waals surface area contributed by atoms with E-state index in [1.807, 2.05) is 45.9 Å². The van der Waals surface area contributed by atoms with Crippen LogP contribution < -0.4 is 9.62 Å². The summed E-state index contributed by atoms with van der Waals surface area (Å²) in [6, 6.07) is 9.91. The lowest BCUT2D eigenvalue weighted by Crippen LogP contribution is -2.10. The molecule has 1 unspecified atom stereocenters. The Bertz CT molecular complexity index is 935. The Morgan fingerprint density at radius 3 is 2.24 bits per heavy atom. The van der Waals surface area contributed by atoms with E-state index < -0.39 is 13.3 Å². The van der Waals surface area contributed by atoms with Crippen molar-refractivity contribution in [3.63, 3.8) is 0 Å². The molecule has 0 aliphatic rings. The van der Waals surface area contributed by atoms with Gasteiger partial charge in [0.15, 0.2) is 12.5 Å². The number of rotatable bonds is 13. The van der Waals surface area contributed by atoms with Gasteiger partial charge in [0.2, 0.25) is 0 Å². The minimum Gasteiger partial charge on any atom is -0.466 e. The fraction of sp³-hybridized carbons (Fsp3) is 0.520. The zero-order valence-corrected chi connectivity index (χ0v) is 22.4. The van der Waals surface area contributed by atoms with Crippen LogP contribution in [0.15, 0.2) is 35.2 Å². The van der Waals surface area contributed by atoms with Gasteiger partial charge in [-0.15, -0.1) is 11.8 Å². The van der Waals surface area contributed by atoms with Crippen molar-refractivity contribution in [1.29, 1.82) is 0 Å². The lowest BCUT2D eigenvalue weighted by atomic mass is 9.96. The van der Waals surface area contributed by atoms with E-state index in [1.54, 1.807) is 18.9 Å². The van der Waals surface area contributed by atoms with Crippen LogP contribution in [0.1, 0.15) is 62.8 Å². The zero-order chi connectivity index (χ0) is 24.6. The molecule has 2 aromatic rings. The quantitative estimate of drug-likeness (QED) is 0.105. The van der Waals surface area contributed by atoms with Crippen LogP contribution in [-0.2, 0) is 20.4 Å². The third kappa shape index (κ3) is 8.04. The van der Waals surface area contributed by atoms with Crippen LogP contribution in [0, 0.1) is 13.8 Å². The van der Waals surface area contributed by atoms with Crippen molar-refractivity contribution in [3.05, 3.63) is 52.6 Å². The summed E-state index contributed by atoms with van der Waals surface area (Å²) in [4.78, 5) is 16.6. The summed E-state index contributed by atoms with van der Waals surface area (Å²) in [6.45, 7) is 12.3. The second-order valence-electron chi connectivity index (χ2n) is 8.40. The van der Waals surface area contributed by atoms with Gasteiger partial charge in [-0.05, 0) is 79.6 Å². The lowest BCUT2D eigenvalue weighted by molar-refractivity contribution is -0.111. The number of thioether (sulfide) groups is 1. The van der Waals surface area contributed by atoms with E-state index in [-0.39, 0.29) is 6.79 Å². The van der Waals surface area contributed by atoms with Crippen LogP contribution in [0.5, 0.6) is 11.5 Å². The SMILES string of the molecule is CCC(CC)P(=O)(O)OOc1cc(C)c(Cc2ccc(OCOC)c(SC(C)C)c2)c(C)c1. The Balaban J connectivity index is 2.21. The molecule has 33 heavy (non-hydrogen) atoms. The Morgan fingerprint density at radius 2 is 1.70 bits per heavy atom. The lowest BCUT2D eigenvalue weighted by Gasteiger charge is -2.19. The molecule has 1 atom stereocenters. The first-order chi connectivity index (χ1) is 15.6. The maximum atomic E-state index is 12.4. The van der Waals surface area contributed by atoms with Gasteiger partial charge in [-0.2, -0.15) is 0 Å². The third-order valence-electron chi connectivity index (χ3n) is 5.40. The van der Waals surface area contributed by atoms with Gasteiger partial charge in [-0.25, -0.2) is 0 Å². The topological polar surface area (TPSA) is 74.2 Å². The largest absolute Gasteiger partial charge is 0.466 e. The van der Waals surface area contributed by atoms with Crippen LogP contribution in [0.2, 0.25) is 0 Å². The van der Waals surface area contributed by atoms with E-state index in [9.17, 15) is 9.46 Å². The van der Waals surface area contributed by atoms with Crippen LogP contribution in [-0.4, -0.2) is 29.7 Å². The minimum atomic E-state index is -3.84. The van der Waals surface area contributed by atoms with Crippen molar-refractivity contribution in [2.45, 2.75) is 76.6 Å². The summed E-state index contributed by atoms with van der Waals surface area (Å²) in [7, 11) is -2.23. The van der Waals surface area contributed by atoms with Crippen molar-refractivity contribution in [2.75, 3.05) is 13.9 Å². The van der Waals surface area contributed by atoms with Gasteiger partial charge in [0.05, 0.1) is 10.6 Å². The van der Waals surface area contributed by atoms with Crippen LogP contribution in [0.25, 0.3) is 0 Å². The minimum absolute atomic E-state index is 0.213. The summed E-state index contributed by atoms with van der Waals surface area (Å²) in [6.07, 6.45) is 1.86. The summed E-state index contributed by atoms with van der Waals surface area (Å²) >= 11 is 1.76. The molecule has 0 amide bonds. The molecule has 8 heteroatoms. The molecule has 0 aliphatic heterocycles. The highest BCUT2D eigenvalue weighted by Crippen LogP contribution is 2.50. The highest BCUT2D eigenvalue weighted by Gasteiger charge is 2.31. The molecule has 1 N–H and O–H groups in total. The molecule has 0 saturated carbocycles. The molecule has 0 bridgehead atoms. The predicted molar refractivity (Wildman–Crippen MR) is 135 cm³/mol. The number of aryl methyl sites for hydroxylation is 2. The van der Waals surface area contributed by atoms with Crippen molar-refractivity contribution in [2.24, 2.45) is 0 Å². The first kappa shape index (κ1) is 27.7. The molecular weight excluding hydrogens is 459 g/mol. The number of benzene rings is 2. The molecule has 2 aromatic carbocycles. The molecule has 2 rings (SSSR count). The van der Waals surface area contributed by atoms with E-state index in [2.05, 4.69) is 26.0 Å². The number of methoxy groups -OCH3 is 1. The van der Waals surface area contributed by atoms with Gasteiger partial charge in [0, 0.05) is 12.4 Å². The smallest absolute Gasteiger partial charge is 0.369 e. The fourth-order valence-electron chi connectivity index (χ4n) is 3.64. The fourth-order valence-corrected chi connectivity index (χ4v) is 5.85. The molecular formula is C25H37O6PS. The number of hydrogen-bond donors (Lipinski definition) is 1. The summed E-state index contributed by atoms with van der Waals surface area (Å²) < 4.78 is 28.2. The maximum absolute atomic E-state index is 12.4.